The number of amides is 1. The van der Waals surface area contributed by atoms with E-state index in [1.165, 1.54) is 19.0 Å². The maximum absolute atomic E-state index is 12.4. The minimum absolute atomic E-state index is 0.253. The normalized spacial score (nSPS) is 16.5. The first-order chi connectivity index (χ1) is 13.6. The lowest BCUT2D eigenvalue weighted by atomic mass is 10.0. The molecule has 7 heteroatoms. The molecule has 1 aliphatic rings. The molecule has 0 bridgehead atoms. The van der Waals surface area contributed by atoms with E-state index >= 15 is 0 Å². The van der Waals surface area contributed by atoms with Gasteiger partial charge in [-0.05, 0) is 56.9 Å². The largest absolute Gasteiger partial charge is 0.462 e. The van der Waals surface area contributed by atoms with E-state index in [9.17, 15) is 9.59 Å². The van der Waals surface area contributed by atoms with Crippen molar-refractivity contribution in [1.82, 2.24) is 9.97 Å². The zero-order valence-corrected chi connectivity index (χ0v) is 16.4. The quantitative estimate of drug-likeness (QED) is 0.767. The highest BCUT2D eigenvalue weighted by atomic mass is 16.5. The summed E-state index contributed by atoms with van der Waals surface area (Å²) >= 11 is 0. The molecule has 1 aliphatic heterocycles. The molecule has 1 N–H and O–H groups in total. The highest BCUT2D eigenvalue weighted by Gasteiger charge is 2.22. The summed E-state index contributed by atoms with van der Waals surface area (Å²) in [7, 11) is 0. The molecule has 28 heavy (non-hydrogen) atoms. The summed E-state index contributed by atoms with van der Waals surface area (Å²) in [6.07, 6.45) is 7.83. The molecule has 0 radical (unpaired) electrons. The summed E-state index contributed by atoms with van der Waals surface area (Å²) in [6.45, 7) is 5.24. The van der Waals surface area contributed by atoms with Crippen LogP contribution in [-0.4, -0.2) is 41.0 Å². The van der Waals surface area contributed by atoms with Gasteiger partial charge in [0.15, 0.2) is 0 Å². The van der Waals surface area contributed by atoms with Crippen LogP contribution in [0.1, 0.15) is 60.4 Å². The lowest BCUT2D eigenvalue weighted by molar-refractivity contribution is 0.0526. The van der Waals surface area contributed by atoms with Crippen LogP contribution in [0.4, 0.5) is 11.5 Å². The van der Waals surface area contributed by atoms with Crippen molar-refractivity contribution in [3.05, 3.63) is 47.9 Å². The summed E-state index contributed by atoms with van der Waals surface area (Å²) in [4.78, 5) is 35.1. The Morgan fingerprint density at radius 3 is 2.57 bits per heavy atom. The smallest absolute Gasteiger partial charge is 0.338 e. The Morgan fingerprint density at radius 1 is 1.14 bits per heavy atom. The minimum atomic E-state index is -0.384. The van der Waals surface area contributed by atoms with E-state index in [4.69, 9.17) is 4.74 Å². The Hall–Kier alpha value is -2.96. The van der Waals surface area contributed by atoms with E-state index in [1.807, 2.05) is 0 Å². The van der Waals surface area contributed by atoms with E-state index in [1.54, 1.807) is 37.4 Å². The summed E-state index contributed by atoms with van der Waals surface area (Å²) in [5, 5.41) is 2.77. The number of esters is 1. The van der Waals surface area contributed by atoms with Gasteiger partial charge >= 0.3 is 5.97 Å². The van der Waals surface area contributed by atoms with Crippen LogP contribution in [-0.2, 0) is 4.74 Å². The highest BCUT2D eigenvalue weighted by molar-refractivity contribution is 6.03. The first-order valence-electron chi connectivity index (χ1n) is 9.79. The number of nitrogens with one attached hydrogen (secondary N) is 1. The number of ether oxygens (including phenoxy) is 1. The van der Waals surface area contributed by atoms with Gasteiger partial charge in [-0.15, -0.1) is 0 Å². The summed E-state index contributed by atoms with van der Waals surface area (Å²) < 4.78 is 4.95. The molecular formula is C21H26N4O3. The number of carbonyl (C=O) groups is 2. The van der Waals surface area contributed by atoms with Gasteiger partial charge in [0, 0.05) is 18.3 Å². The predicted octanol–water partition coefficient (Wildman–Crippen LogP) is 3.67. The number of piperidine rings is 1. The lowest BCUT2D eigenvalue weighted by Crippen LogP contribution is -2.39. The molecular weight excluding hydrogens is 356 g/mol. The van der Waals surface area contributed by atoms with Crippen LogP contribution in [0, 0.1) is 0 Å². The summed E-state index contributed by atoms with van der Waals surface area (Å²) in [5.74, 6) is 0.0976. The van der Waals surface area contributed by atoms with Crippen LogP contribution >= 0.6 is 0 Å². The van der Waals surface area contributed by atoms with Crippen molar-refractivity contribution in [2.24, 2.45) is 0 Å². The van der Waals surface area contributed by atoms with Gasteiger partial charge in [0.05, 0.1) is 24.6 Å². The van der Waals surface area contributed by atoms with Crippen molar-refractivity contribution in [2.75, 3.05) is 23.4 Å². The third-order valence-corrected chi connectivity index (χ3v) is 4.92. The monoisotopic (exact) mass is 382 g/mol. The summed E-state index contributed by atoms with van der Waals surface area (Å²) in [6, 6.07) is 7.03. The fourth-order valence-electron chi connectivity index (χ4n) is 3.41. The number of hydrogen-bond donors (Lipinski definition) is 1. The van der Waals surface area contributed by atoms with Crippen LogP contribution < -0.4 is 10.2 Å². The molecule has 0 aliphatic carbocycles. The van der Waals surface area contributed by atoms with E-state index < -0.39 is 0 Å². The second-order valence-electron chi connectivity index (χ2n) is 6.76. The molecule has 148 valence electrons. The Labute approximate surface area is 165 Å². The Kier molecular flexibility index (Phi) is 6.57. The SMILES string of the molecule is CCOC(=O)c1ccc(NC(=O)c2cnc(N3CCCCC3CC)cn2)cc1. The van der Waals surface area contributed by atoms with Crippen molar-refractivity contribution in [3.8, 4) is 0 Å². The standard InChI is InChI=1S/C21H26N4O3/c1-3-17-7-5-6-12-25(17)19-14-22-18(13-23-19)20(26)24-16-10-8-15(9-11-16)21(27)28-4-2/h8-11,13-14,17H,3-7,12H2,1-2H3,(H,24,26). The molecule has 0 saturated carbocycles. The van der Waals surface area contributed by atoms with Gasteiger partial charge in [-0.3, -0.25) is 4.79 Å². The number of benzene rings is 1. The first kappa shape index (κ1) is 19.8. The molecule has 1 saturated heterocycles. The van der Waals surface area contributed by atoms with Crippen molar-refractivity contribution in [2.45, 2.75) is 45.6 Å². The van der Waals surface area contributed by atoms with Crippen LogP contribution in [0.2, 0.25) is 0 Å². The van der Waals surface area contributed by atoms with Crippen LogP contribution in [0.15, 0.2) is 36.7 Å². The molecule has 3 rings (SSSR count). The molecule has 2 aromatic rings. The number of anilines is 2. The summed E-state index contributed by atoms with van der Waals surface area (Å²) in [5.41, 5.74) is 1.27. The number of rotatable bonds is 6. The molecule has 1 atom stereocenters. The fourth-order valence-corrected chi connectivity index (χ4v) is 3.41. The molecule has 1 aromatic heterocycles. The average Bonchev–Trinajstić information content (AvgIpc) is 2.74. The second-order valence-corrected chi connectivity index (χ2v) is 6.76. The number of aromatic nitrogens is 2. The van der Waals surface area contributed by atoms with Gasteiger partial charge in [-0.1, -0.05) is 6.92 Å². The third-order valence-electron chi connectivity index (χ3n) is 4.92. The van der Waals surface area contributed by atoms with Crippen LogP contribution in [0.25, 0.3) is 0 Å². The van der Waals surface area contributed by atoms with Gasteiger partial charge < -0.3 is 15.0 Å². The van der Waals surface area contributed by atoms with E-state index in [-0.39, 0.29) is 17.6 Å². The van der Waals surface area contributed by atoms with E-state index in [2.05, 4.69) is 27.1 Å². The average molecular weight is 382 g/mol. The third kappa shape index (κ3) is 4.65. The Balaban J connectivity index is 1.64. The molecule has 1 aromatic carbocycles. The maximum atomic E-state index is 12.4. The maximum Gasteiger partial charge on any atom is 0.338 e. The van der Waals surface area contributed by atoms with Gasteiger partial charge in [0.1, 0.15) is 11.5 Å². The van der Waals surface area contributed by atoms with Crippen molar-refractivity contribution in [1.29, 1.82) is 0 Å². The molecule has 2 heterocycles. The number of nitrogens with zero attached hydrogens (tertiary/aromatic N) is 3. The molecule has 1 fully saturated rings. The van der Waals surface area contributed by atoms with Crippen molar-refractivity contribution >= 4 is 23.4 Å². The van der Waals surface area contributed by atoms with Gasteiger partial charge in [0.25, 0.3) is 5.91 Å². The minimum Gasteiger partial charge on any atom is -0.462 e. The molecule has 1 amide bonds. The van der Waals surface area contributed by atoms with Gasteiger partial charge in [-0.25, -0.2) is 14.8 Å². The van der Waals surface area contributed by atoms with Crippen LogP contribution in [0.5, 0.6) is 0 Å². The Morgan fingerprint density at radius 2 is 1.93 bits per heavy atom. The molecule has 0 spiro atoms. The van der Waals surface area contributed by atoms with Gasteiger partial charge in [-0.2, -0.15) is 0 Å². The fraction of sp³-hybridized carbons (Fsp3) is 0.429. The molecule has 1 unspecified atom stereocenters. The number of carbonyl (C=O) groups excluding carboxylic acids is 2. The van der Waals surface area contributed by atoms with Gasteiger partial charge in [0.2, 0.25) is 0 Å². The highest BCUT2D eigenvalue weighted by Crippen LogP contribution is 2.24. The van der Waals surface area contributed by atoms with Crippen molar-refractivity contribution in [3.63, 3.8) is 0 Å². The zero-order valence-electron chi connectivity index (χ0n) is 16.4. The Bertz CT molecular complexity index is 805. The lowest BCUT2D eigenvalue weighted by Gasteiger charge is -2.35. The van der Waals surface area contributed by atoms with Crippen LogP contribution in [0.3, 0.4) is 0 Å². The van der Waals surface area contributed by atoms with E-state index in [0.717, 1.165) is 25.2 Å². The van der Waals surface area contributed by atoms with E-state index in [0.29, 0.717) is 23.9 Å². The topological polar surface area (TPSA) is 84.4 Å². The first-order valence-corrected chi connectivity index (χ1v) is 9.79. The van der Waals surface area contributed by atoms with Crippen molar-refractivity contribution < 1.29 is 14.3 Å². The number of hydrogen-bond acceptors (Lipinski definition) is 6. The second kappa shape index (κ2) is 9.30. The zero-order chi connectivity index (χ0) is 19.9. The molecule has 7 nitrogen and oxygen atoms in total. The predicted molar refractivity (Wildman–Crippen MR) is 108 cm³/mol.